The molecule has 2 fully saturated rings. The molecule has 0 spiro atoms. The number of benzene rings is 1. The molecule has 0 bridgehead atoms. The average Bonchev–Trinajstić information content (AvgIpc) is 3.62. The lowest BCUT2D eigenvalue weighted by Gasteiger charge is -2.16. The van der Waals surface area contributed by atoms with Crippen LogP contribution in [0, 0.1) is 11.8 Å². The lowest BCUT2D eigenvalue weighted by atomic mass is 9.98. The Bertz CT molecular complexity index is 927. The molecular formula is C20H23Cl3N4O2S. The third kappa shape index (κ3) is 6.54. The van der Waals surface area contributed by atoms with Gasteiger partial charge in [0.15, 0.2) is 0 Å². The summed E-state index contributed by atoms with van der Waals surface area (Å²) in [5.74, 6) is 1.01. The van der Waals surface area contributed by atoms with Gasteiger partial charge in [0.05, 0.1) is 10.0 Å². The molecule has 2 aliphatic rings. The van der Waals surface area contributed by atoms with E-state index in [4.69, 9.17) is 34.8 Å². The van der Waals surface area contributed by atoms with Gasteiger partial charge in [-0.1, -0.05) is 48.4 Å². The molecule has 162 valence electrons. The van der Waals surface area contributed by atoms with E-state index in [-0.39, 0.29) is 29.1 Å². The van der Waals surface area contributed by atoms with Gasteiger partial charge < -0.3 is 10.6 Å². The van der Waals surface area contributed by atoms with Crippen LogP contribution < -0.4 is 10.6 Å². The second-order valence-electron chi connectivity index (χ2n) is 8.09. The van der Waals surface area contributed by atoms with Crippen molar-refractivity contribution in [1.29, 1.82) is 0 Å². The van der Waals surface area contributed by atoms with Crippen LogP contribution in [0.3, 0.4) is 0 Å². The minimum atomic E-state index is -0.193. The summed E-state index contributed by atoms with van der Waals surface area (Å²) in [4.78, 5) is 22.9. The number of hydrogen-bond acceptors (Lipinski definition) is 5. The molecule has 2 amide bonds. The number of halogens is 3. The highest BCUT2D eigenvalue weighted by molar-refractivity contribution is 7.15. The van der Waals surface area contributed by atoms with Crippen LogP contribution >= 0.6 is 46.1 Å². The molecule has 1 heterocycles. The van der Waals surface area contributed by atoms with Crippen molar-refractivity contribution in [3.8, 4) is 0 Å². The molecule has 1 aromatic heterocycles. The lowest BCUT2D eigenvalue weighted by Crippen LogP contribution is -2.18. The van der Waals surface area contributed by atoms with Crippen molar-refractivity contribution < 1.29 is 9.59 Å². The summed E-state index contributed by atoms with van der Waals surface area (Å²) in [6.45, 7) is 4.01. The zero-order valence-electron chi connectivity index (χ0n) is 16.7. The summed E-state index contributed by atoms with van der Waals surface area (Å²) in [6.07, 6.45) is 3.97. The van der Waals surface area contributed by atoms with Gasteiger partial charge in [-0.25, -0.2) is 0 Å². The molecule has 10 heteroatoms. The molecule has 2 aromatic rings. The van der Waals surface area contributed by atoms with Crippen molar-refractivity contribution >= 4 is 68.8 Å². The van der Waals surface area contributed by atoms with E-state index in [0.717, 1.165) is 30.7 Å². The number of aromatic nitrogens is 2. The molecule has 30 heavy (non-hydrogen) atoms. The highest BCUT2D eigenvalue weighted by atomic mass is 35.5. The molecule has 0 radical (unpaired) electrons. The number of carbonyl (C=O) groups excluding carboxylic acids is 2. The first kappa shape index (κ1) is 23.3. The average molecular weight is 490 g/mol. The number of nitrogens with one attached hydrogen (secondary N) is 2. The Morgan fingerprint density at radius 2 is 1.63 bits per heavy atom. The first-order valence-corrected chi connectivity index (χ1v) is 11.8. The van der Waals surface area contributed by atoms with Gasteiger partial charge in [-0.2, -0.15) is 0 Å². The zero-order valence-corrected chi connectivity index (χ0v) is 19.8. The monoisotopic (exact) mass is 488 g/mol. The van der Waals surface area contributed by atoms with Crippen LogP contribution in [-0.2, 0) is 15.0 Å². The Morgan fingerprint density at radius 3 is 2.17 bits per heavy atom. The normalized spacial score (nSPS) is 15.8. The van der Waals surface area contributed by atoms with Gasteiger partial charge in [0.2, 0.25) is 16.9 Å². The summed E-state index contributed by atoms with van der Waals surface area (Å²) < 4.78 is 0. The number of hydrogen-bond donors (Lipinski definition) is 2. The number of amides is 2. The van der Waals surface area contributed by atoms with E-state index >= 15 is 0 Å². The summed E-state index contributed by atoms with van der Waals surface area (Å²) in [7, 11) is 0. The molecular weight excluding hydrogens is 467 g/mol. The Balaban J connectivity index is 0.000000172. The molecule has 0 unspecified atom stereocenters. The first-order chi connectivity index (χ1) is 14.2. The summed E-state index contributed by atoms with van der Waals surface area (Å²) in [5.41, 5.74) is 0.512. The highest BCUT2D eigenvalue weighted by Crippen LogP contribution is 2.33. The van der Waals surface area contributed by atoms with E-state index in [1.54, 1.807) is 18.2 Å². The molecule has 2 saturated carbocycles. The largest absolute Gasteiger partial charge is 0.326 e. The smallest absolute Gasteiger partial charge is 0.229 e. The maximum Gasteiger partial charge on any atom is 0.229 e. The standard InChI is InChI=1S/C10H9Cl2NO.C10H14ClN3OS/c11-8-4-3-7(5-9(8)12)13-10(14)6-1-2-6;1-10(2,5-11)8-13-14-9(16-8)12-7(15)6-3-4-6/h3-6H,1-2H2,(H,13,14);6H,3-5H2,1-2H3,(H,12,14,15). The Kier molecular flexibility index (Phi) is 7.61. The molecule has 0 aliphatic heterocycles. The minimum Gasteiger partial charge on any atom is -0.326 e. The van der Waals surface area contributed by atoms with Crippen molar-refractivity contribution in [2.45, 2.75) is 44.9 Å². The van der Waals surface area contributed by atoms with Crippen molar-refractivity contribution in [3.05, 3.63) is 33.3 Å². The van der Waals surface area contributed by atoms with E-state index in [9.17, 15) is 9.59 Å². The van der Waals surface area contributed by atoms with Crippen LogP contribution in [0.2, 0.25) is 10.0 Å². The van der Waals surface area contributed by atoms with E-state index in [1.165, 1.54) is 11.3 Å². The van der Waals surface area contributed by atoms with Crippen LogP contribution in [0.4, 0.5) is 10.8 Å². The molecule has 2 aliphatic carbocycles. The summed E-state index contributed by atoms with van der Waals surface area (Å²) >= 11 is 18.8. The quantitative estimate of drug-likeness (QED) is 0.506. The van der Waals surface area contributed by atoms with E-state index < -0.39 is 0 Å². The predicted octanol–water partition coefficient (Wildman–Crippen LogP) is 5.74. The van der Waals surface area contributed by atoms with Crippen LogP contribution in [-0.4, -0.2) is 27.9 Å². The number of rotatable bonds is 6. The van der Waals surface area contributed by atoms with Crippen molar-refractivity contribution in [2.24, 2.45) is 11.8 Å². The van der Waals surface area contributed by atoms with Gasteiger partial charge in [0, 0.05) is 28.8 Å². The van der Waals surface area contributed by atoms with Gasteiger partial charge in [0.25, 0.3) is 0 Å². The molecule has 2 N–H and O–H groups in total. The number of alkyl halides is 1. The van der Waals surface area contributed by atoms with E-state index in [0.29, 0.717) is 26.7 Å². The zero-order chi connectivity index (χ0) is 21.9. The SMILES string of the molecule is CC(C)(CCl)c1nnc(NC(=O)C2CC2)s1.O=C(Nc1ccc(Cl)c(Cl)c1)C1CC1. The molecule has 0 saturated heterocycles. The fourth-order valence-electron chi connectivity index (χ4n) is 2.32. The molecule has 6 nitrogen and oxygen atoms in total. The molecule has 4 rings (SSSR count). The van der Waals surface area contributed by atoms with Crippen LogP contribution in [0.1, 0.15) is 44.5 Å². The minimum absolute atomic E-state index is 0.0615. The topological polar surface area (TPSA) is 84.0 Å². The van der Waals surface area contributed by atoms with Gasteiger partial charge in [-0.05, 0) is 43.9 Å². The van der Waals surface area contributed by atoms with Gasteiger partial charge in [-0.3, -0.25) is 9.59 Å². The van der Waals surface area contributed by atoms with Crippen LogP contribution in [0.15, 0.2) is 18.2 Å². The lowest BCUT2D eigenvalue weighted by molar-refractivity contribution is -0.118. The van der Waals surface area contributed by atoms with Crippen LogP contribution in [0.5, 0.6) is 0 Å². The third-order valence-electron chi connectivity index (χ3n) is 4.65. The maximum atomic E-state index is 11.5. The maximum absolute atomic E-state index is 11.5. The third-order valence-corrected chi connectivity index (χ3v) is 7.26. The number of anilines is 2. The van der Waals surface area contributed by atoms with Crippen molar-refractivity contribution in [2.75, 3.05) is 16.5 Å². The van der Waals surface area contributed by atoms with Gasteiger partial charge in [-0.15, -0.1) is 21.8 Å². The number of nitrogens with zero attached hydrogens (tertiary/aromatic N) is 2. The Morgan fingerprint density at radius 1 is 1.03 bits per heavy atom. The second-order valence-corrected chi connectivity index (χ2v) is 10.1. The fraction of sp³-hybridized carbons (Fsp3) is 0.500. The fourth-order valence-corrected chi connectivity index (χ4v) is 3.67. The van der Waals surface area contributed by atoms with Gasteiger partial charge in [0.1, 0.15) is 5.01 Å². The van der Waals surface area contributed by atoms with E-state index in [2.05, 4.69) is 20.8 Å². The van der Waals surface area contributed by atoms with Crippen molar-refractivity contribution in [1.82, 2.24) is 10.2 Å². The van der Waals surface area contributed by atoms with Gasteiger partial charge >= 0.3 is 0 Å². The van der Waals surface area contributed by atoms with E-state index in [1.807, 2.05) is 13.8 Å². The summed E-state index contributed by atoms with van der Waals surface area (Å²) in [5, 5.41) is 16.0. The molecule has 1 aromatic carbocycles. The Hall–Kier alpha value is -1.41. The second kappa shape index (κ2) is 9.81. The first-order valence-electron chi connectivity index (χ1n) is 9.66. The number of carbonyl (C=O) groups is 2. The highest BCUT2D eigenvalue weighted by Gasteiger charge is 2.31. The van der Waals surface area contributed by atoms with Crippen LogP contribution in [0.25, 0.3) is 0 Å². The van der Waals surface area contributed by atoms with Crippen molar-refractivity contribution in [3.63, 3.8) is 0 Å². The summed E-state index contributed by atoms with van der Waals surface area (Å²) in [6, 6.07) is 5.07. The predicted molar refractivity (Wildman–Crippen MR) is 123 cm³/mol. The molecule has 0 atom stereocenters. The Labute approximate surface area is 194 Å².